The fourth-order valence-electron chi connectivity index (χ4n) is 5.94. The van der Waals surface area contributed by atoms with Crippen LogP contribution >= 0.6 is 0 Å². The van der Waals surface area contributed by atoms with Crippen LogP contribution in [0.1, 0.15) is 79.1 Å². The number of hydrogen-bond donors (Lipinski definition) is 0. The number of aromatic nitrogens is 2. The molecule has 1 atom stereocenters. The Bertz CT molecular complexity index is 1510. The number of ether oxygens (including phenoxy) is 1. The smallest absolute Gasteiger partial charge is 0.417 e. The number of hydrogen-bond acceptors (Lipinski definition) is 5. The number of rotatable bonds is 7. The molecule has 0 spiro atoms. The number of nitriles is 1. The number of pyridine rings is 1. The zero-order valence-corrected chi connectivity index (χ0v) is 23.8. The summed E-state index contributed by atoms with van der Waals surface area (Å²) in [5.41, 5.74) is 0.846. The molecule has 0 amide bonds. The molecule has 3 heterocycles. The predicted molar refractivity (Wildman–Crippen MR) is 148 cm³/mol. The van der Waals surface area contributed by atoms with Gasteiger partial charge in [-0.25, -0.2) is 4.98 Å². The monoisotopic (exact) mass is 552 g/mol. The van der Waals surface area contributed by atoms with Crippen molar-refractivity contribution in [3.05, 3.63) is 70.7 Å². The molecule has 0 bridgehead atoms. The van der Waals surface area contributed by atoms with Crippen LogP contribution < -0.4 is 4.74 Å². The van der Waals surface area contributed by atoms with Gasteiger partial charge < -0.3 is 14.2 Å². The average molecular weight is 553 g/mol. The number of allylic oxidation sites excluding steroid dienone is 1. The van der Waals surface area contributed by atoms with Crippen molar-refractivity contribution in [1.29, 1.82) is 5.26 Å². The number of halogens is 3. The largest absolute Gasteiger partial charge is 0.495 e. The highest BCUT2D eigenvalue weighted by Crippen LogP contribution is 2.46. The Labute approximate surface area is 233 Å². The standard InChI is InChI=1S/C31H35F3N4O2/c1-18(2)19(3)38-11-10-21(14-30(38,4)5)24-17-37(6)29-27(24)28(31(32,33)34)23(16-36-29)13-25(39)20-8-9-26(40-7)22(12-20)15-35/h8-9,12,16-18,21H,3,10-11,13-14H2,1-2,4-7H3/t21-/m1/s1. The minimum Gasteiger partial charge on any atom is -0.495 e. The van der Waals surface area contributed by atoms with E-state index >= 15 is 0 Å². The molecule has 0 unspecified atom stereocenters. The summed E-state index contributed by atoms with van der Waals surface area (Å²) in [5.74, 6) is -0.101. The van der Waals surface area contributed by atoms with Crippen LogP contribution in [0.5, 0.6) is 5.75 Å². The summed E-state index contributed by atoms with van der Waals surface area (Å²) in [6.45, 7) is 13.3. The van der Waals surface area contributed by atoms with E-state index in [0.29, 0.717) is 24.9 Å². The fraction of sp³-hybridized carbons (Fsp3) is 0.452. The normalized spacial score (nSPS) is 17.2. The van der Waals surface area contributed by atoms with Crippen LogP contribution in [-0.2, 0) is 19.6 Å². The van der Waals surface area contributed by atoms with Gasteiger partial charge in [0.25, 0.3) is 0 Å². The van der Waals surface area contributed by atoms with E-state index in [9.17, 15) is 23.2 Å². The van der Waals surface area contributed by atoms with Crippen LogP contribution in [-0.4, -0.2) is 39.4 Å². The SMILES string of the molecule is C=C(C(C)C)N1CC[C@@H](c2cn(C)c3ncc(CC(=O)c4ccc(OC)c(C#N)c4)c(C(F)(F)F)c23)CC1(C)C. The third kappa shape index (κ3) is 5.32. The van der Waals surface area contributed by atoms with Gasteiger partial charge in [0.1, 0.15) is 17.5 Å². The lowest BCUT2D eigenvalue weighted by Gasteiger charge is -2.49. The minimum atomic E-state index is -4.70. The molecule has 0 saturated carbocycles. The number of aryl methyl sites for hydroxylation is 1. The van der Waals surface area contributed by atoms with E-state index in [0.717, 1.165) is 11.9 Å². The predicted octanol–water partition coefficient (Wildman–Crippen LogP) is 7.03. The molecule has 0 N–H and O–H groups in total. The van der Waals surface area contributed by atoms with E-state index in [1.165, 1.54) is 25.3 Å². The first-order chi connectivity index (χ1) is 18.7. The Kier molecular flexibility index (Phi) is 7.77. The van der Waals surface area contributed by atoms with Gasteiger partial charge in [-0.2, -0.15) is 18.4 Å². The topological polar surface area (TPSA) is 71.2 Å². The van der Waals surface area contributed by atoms with E-state index in [4.69, 9.17) is 4.74 Å². The van der Waals surface area contributed by atoms with E-state index in [1.807, 2.05) is 6.07 Å². The Hall–Kier alpha value is -3.80. The Morgan fingerprint density at radius 1 is 1.32 bits per heavy atom. The van der Waals surface area contributed by atoms with Gasteiger partial charge in [0.15, 0.2) is 5.78 Å². The summed E-state index contributed by atoms with van der Waals surface area (Å²) in [4.78, 5) is 19.8. The van der Waals surface area contributed by atoms with Crippen LogP contribution in [0.4, 0.5) is 13.2 Å². The number of methoxy groups -OCH3 is 1. The maximum Gasteiger partial charge on any atom is 0.417 e. The van der Waals surface area contributed by atoms with Gasteiger partial charge in [0, 0.05) is 54.6 Å². The van der Waals surface area contributed by atoms with E-state index in [2.05, 4.69) is 44.2 Å². The highest BCUT2D eigenvalue weighted by Gasteiger charge is 2.41. The Balaban J connectivity index is 1.78. The first kappa shape index (κ1) is 29.2. The summed E-state index contributed by atoms with van der Waals surface area (Å²) in [6, 6.07) is 6.22. The van der Waals surface area contributed by atoms with E-state index in [1.54, 1.807) is 17.8 Å². The maximum atomic E-state index is 14.8. The van der Waals surface area contributed by atoms with Crippen molar-refractivity contribution in [2.24, 2.45) is 13.0 Å². The summed E-state index contributed by atoms with van der Waals surface area (Å²) < 4.78 is 51.1. The molecule has 1 aliphatic heterocycles. The number of fused-ring (bicyclic) bond motifs is 1. The number of piperidine rings is 1. The first-order valence-electron chi connectivity index (χ1n) is 13.3. The van der Waals surface area contributed by atoms with Crippen molar-refractivity contribution in [3.8, 4) is 11.8 Å². The Morgan fingerprint density at radius 3 is 2.60 bits per heavy atom. The number of benzene rings is 1. The van der Waals surface area contributed by atoms with E-state index < -0.39 is 23.9 Å². The number of likely N-dealkylation sites (tertiary alicyclic amines) is 1. The lowest BCUT2D eigenvalue weighted by atomic mass is 9.77. The van der Waals surface area contributed by atoms with Gasteiger partial charge in [0.2, 0.25) is 0 Å². The molecular weight excluding hydrogens is 517 g/mol. The van der Waals surface area contributed by atoms with Crippen LogP contribution in [0.15, 0.2) is 42.9 Å². The van der Waals surface area contributed by atoms with E-state index in [-0.39, 0.29) is 50.8 Å². The van der Waals surface area contributed by atoms with Gasteiger partial charge in [-0.15, -0.1) is 0 Å². The van der Waals surface area contributed by atoms with Gasteiger partial charge in [0.05, 0.1) is 18.2 Å². The molecule has 212 valence electrons. The quantitative estimate of drug-likeness (QED) is 0.295. The third-order valence-electron chi connectivity index (χ3n) is 8.00. The third-order valence-corrected chi connectivity index (χ3v) is 8.00. The molecule has 4 rings (SSSR count). The highest BCUT2D eigenvalue weighted by molar-refractivity contribution is 5.99. The molecule has 2 aromatic heterocycles. The summed E-state index contributed by atoms with van der Waals surface area (Å²) in [5, 5.41) is 9.43. The molecule has 1 saturated heterocycles. The van der Waals surface area contributed by atoms with Gasteiger partial charge >= 0.3 is 6.18 Å². The van der Waals surface area contributed by atoms with Crippen LogP contribution in [0, 0.1) is 17.2 Å². The fourth-order valence-corrected chi connectivity index (χ4v) is 5.94. The second kappa shape index (κ2) is 10.6. The summed E-state index contributed by atoms with van der Waals surface area (Å²) in [6.07, 6.45) is -0.956. The number of alkyl halides is 3. The van der Waals surface area contributed by atoms with Crippen molar-refractivity contribution >= 4 is 16.8 Å². The number of ketones is 1. The molecule has 6 nitrogen and oxygen atoms in total. The molecule has 0 radical (unpaired) electrons. The van der Waals surface area contributed by atoms with Gasteiger partial charge in [-0.1, -0.05) is 20.4 Å². The lowest BCUT2D eigenvalue weighted by Crippen LogP contribution is -2.49. The molecule has 40 heavy (non-hydrogen) atoms. The second-order valence-corrected chi connectivity index (χ2v) is 11.5. The van der Waals surface area contributed by atoms with Crippen molar-refractivity contribution in [1.82, 2.24) is 14.5 Å². The molecule has 1 fully saturated rings. The number of nitrogens with zero attached hydrogens (tertiary/aromatic N) is 4. The molecule has 9 heteroatoms. The Morgan fingerprint density at radius 2 is 2.02 bits per heavy atom. The number of carbonyl (C=O) groups is 1. The molecular formula is C31H35F3N4O2. The minimum absolute atomic E-state index is 0.0599. The summed E-state index contributed by atoms with van der Waals surface area (Å²) in [7, 11) is 3.10. The highest BCUT2D eigenvalue weighted by atomic mass is 19.4. The first-order valence-corrected chi connectivity index (χ1v) is 13.3. The van der Waals surface area contributed by atoms with Crippen molar-refractivity contribution in [2.75, 3.05) is 13.7 Å². The molecule has 3 aromatic rings. The lowest BCUT2D eigenvalue weighted by molar-refractivity contribution is -0.136. The zero-order valence-electron chi connectivity index (χ0n) is 23.8. The van der Waals surface area contributed by atoms with Crippen LogP contribution in [0.25, 0.3) is 11.0 Å². The van der Waals surface area contributed by atoms with Gasteiger partial charge in [-0.05, 0) is 67.9 Å². The summed E-state index contributed by atoms with van der Waals surface area (Å²) >= 11 is 0. The zero-order chi connectivity index (χ0) is 29.6. The maximum absolute atomic E-state index is 14.8. The molecule has 1 aliphatic rings. The number of Topliss-reactive ketones (excluding diaryl/α,β-unsaturated/α-hetero) is 1. The van der Waals surface area contributed by atoms with Crippen LogP contribution in [0.3, 0.4) is 0 Å². The average Bonchev–Trinajstić information content (AvgIpc) is 3.22. The van der Waals surface area contributed by atoms with Crippen molar-refractivity contribution < 1.29 is 22.7 Å². The number of carbonyl (C=O) groups excluding carboxylic acids is 1. The molecule has 0 aliphatic carbocycles. The van der Waals surface area contributed by atoms with Crippen molar-refractivity contribution in [2.45, 2.75) is 64.6 Å². The van der Waals surface area contributed by atoms with Gasteiger partial charge in [-0.3, -0.25) is 4.79 Å². The van der Waals surface area contributed by atoms with Crippen LogP contribution in [0.2, 0.25) is 0 Å². The molecule has 1 aromatic carbocycles. The van der Waals surface area contributed by atoms with Crippen molar-refractivity contribution in [3.63, 3.8) is 0 Å². The second-order valence-electron chi connectivity index (χ2n) is 11.5.